The van der Waals surface area contributed by atoms with Crippen LogP contribution in [0.15, 0.2) is 4.99 Å². The number of carbonyl (C=O) groups is 1. The molecule has 1 aromatic heterocycles. The first-order valence-corrected chi connectivity index (χ1v) is 7.15. The molecule has 96 valence electrons. The Balaban J connectivity index is 1.69. The number of amides is 1. The van der Waals surface area contributed by atoms with Crippen LogP contribution in [0.4, 0.5) is 5.13 Å². The van der Waals surface area contributed by atoms with Crippen LogP contribution in [0.1, 0.15) is 30.3 Å². The highest BCUT2D eigenvalue weighted by Crippen LogP contribution is 2.29. The minimum absolute atomic E-state index is 0.176. The second kappa shape index (κ2) is 4.68. The third-order valence-electron chi connectivity index (χ3n) is 3.19. The molecular weight excluding hydrogens is 248 g/mol. The van der Waals surface area contributed by atoms with Gasteiger partial charge < -0.3 is 5.32 Å². The van der Waals surface area contributed by atoms with Gasteiger partial charge in [-0.3, -0.25) is 15.1 Å². The maximum atomic E-state index is 11.9. The van der Waals surface area contributed by atoms with Crippen molar-refractivity contribution < 1.29 is 4.79 Å². The number of hydrogen-bond donors (Lipinski definition) is 2. The summed E-state index contributed by atoms with van der Waals surface area (Å²) in [5.41, 5.74) is 1.16. The van der Waals surface area contributed by atoms with E-state index in [1.807, 2.05) is 6.92 Å². The Morgan fingerprint density at radius 1 is 1.44 bits per heavy atom. The van der Waals surface area contributed by atoms with Crippen molar-refractivity contribution in [2.75, 3.05) is 11.9 Å². The van der Waals surface area contributed by atoms with Gasteiger partial charge in [0.05, 0.1) is 12.2 Å². The lowest BCUT2D eigenvalue weighted by atomic mass is 10.0. The van der Waals surface area contributed by atoms with Crippen LogP contribution < -0.4 is 10.6 Å². The summed E-state index contributed by atoms with van der Waals surface area (Å²) in [5, 5.41) is 6.59. The number of nitrogens with one attached hydrogen (secondary N) is 2. The molecule has 0 saturated carbocycles. The topological polar surface area (TPSA) is 66.4 Å². The number of aromatic nitrogens is 1. The lowest BCUT2D eigenvalue weighted by molar-refractivity contribution is -0.110. The summed E-state index contributed by atoms with van der Waals surface area (Å²) in [5.74, 6) is 0.251. The lowest BCUT2D eigenvalue weighted by Crippen LogP contribution is -2.36. The number of hydrogen-bond acceptors (Lipinski definition) is 5. The average Bonchev–Trinajstić information content (AvgIpc) is 2.94. The van der Waals surface area contributed by atoms with E-state index >= 15 is 0 Å². The SMILES string of the molecule is CC1CN=C(C(=O)Nc2nc3c(s2)CCCC3)N1. The summed E-state index contributed by atoms with van der Waals surface area (Å²) >= 11 is 1.60. The van der Waals surface area contributed by atoms with Gasteiger partial charge in [-0.25, -0.2) is 4.98 Å². The van der Waals surface area contributed by atoms with Gasteiger partial charge in [0.2, 0.25) is 0 Å². The summed E-state index contributed by atoms with van der Waals surface area (Å²) in [7, 11) is 0. The van der Waals surface area contributed by atoms with Crippen molar-refractivity contribution >= 4 is 28.2 Å². The zero-order valence-electron chi connectivity index (χ0n) is 10.3. The van der Waals surface area contributed by atoms with E-state index in [4.69, 9.17) is 0 Å². The molecular formula is C12H16N4OS. The number of thiazole rings is 1. The van der Waals surface area contributed by atoms with Gasteiger partial charge in [0.25, 0.3) is 5.91 Å². The molecule has 1 aliphatic carbocycles. The van der Waals surface area contributed by atoms with Crippen molar-refractivity contribution in [2.24, 2.45) is 4.99 Å². The normalized spacial score (nSPS) is 22.1. The third-order valence-corrected chi connectivity index (χ3v) is 4.26. The molecule has 5 nitrogen and oxygen atoms in total. The summed E-state index contributed by atoms with van der Waals surface area (Å²) < 4.78 is 0. The van der Waals surface area contributed by atoms with E-state index in [1.54, 1.807) is 11.3 Å². The van der Waals surface area contributed by atoms with Crippen LogP contribution in [0.3, 0.4) is 0 Å². The molecule has 6 heteroatoms. The van der Waals surface area contributed by atoms with Crippen molar-refractivity contribution in [2.45, 2.75) is 38.6 Å². The molecule has 0 radical (unpaired) electrons. The standard InChI is InChI=1S/C12H16N4OS/c1-7-6-13-10(14-7)11(17)16-12-15-8-4-2-3-5-9(8)18-12/h7H,2-6H2,1H3,(H,13,14)(H,15,16,17). The third kappa shape index (κ3) is 2.25. The molecule has 1 aliphatic heterocycles. The molecule has 0 spiro atoms. The van der Waals surface area contributed by atoms with Crippen LogP contribution in [-0.2, 0) is 17.6 Å². The molecule has 1 atom stereocenters. The molecule has 2 aliphatic rings. The molecule has 18 heavy (non-hydrogen) atoms. The molecule has 2 N–H and O–H groups in total. The summed E-state index contributed by atoms with van der Waals surface area (Å²) in [6.45, 7) is 2.67. The van der Waals surface area contributed by atoms with E-state index in [9.17, 15) is 4.79 Å². The Morgan fingerprint density at radius 2 is 2.28 bits per heavy atom. The molecule has 3 rings (SSSR count). The molecule has 2 heterocycles. The Bertz CT molecular complexity index is 485. The smallest absolute Gasteiger partial charge is 0.292 e. The summed E-state index contributed by atoms with van der Waals surface area (Å²) in [6.07, 6.45) is 4.57. The van der Waals surface area contributed by atoms with Gasteiger partial charge in [-0.05, 0) is 32.6 Å². The van der Waals surface area contributed by atoms with Crippen LogP contribution in [0.25, 0.3) is 0 Å². The van der Waals surface area contributed by atoms with Gasteiger partial charge in [0, 0.05) is 10.9 Å². The molecule has 0 saturated heterocycles. The van der Waals surface area contributed by atoms with Crippen molar-refractivity contribution in [3.05, 3.63) is 10.6 Å². The zero-order valence-corrected chi connectivity index (χ0v) is 11.1. The minimum Gasteiger partial charge on any atom is -0.361 e. The van der Waals surface area contributed by atoms with E-state index in [2.05, 4.69) is 20.6 Å². The number of carbonyl (C=O) groups excluding carboxylic acids is 1. The molecule has 0 fully saturated rings. The molecule has 1 amide bonds. The number of aliphatic imine (C=N–C) groups is 1. The van der Waals surface area contributed by atoms with Crippen molar-refractivity contribution in [3.8, 4) is 0 Å². The van der Waals surface area contributed by atoms with Gasteiger partial charge in [-0.1, -0.05) is 0 Å². The highest BCUT2D eigenvalue weighted by atomic mass is 32.1. The second-order valence-electron chi connectivity index (χ2n) is 4.78. The van der Waals surface area contributed by atoms with Gasteiger partial charge >= 0.3 is 0 Å². The highest BCUT2D eigenvalue weighted by molar-refractivity contribution is 7.16. The number of rotatable bonds is 2. The number of aryl methyl sites for hydroxylation is 2. The van der Waals surface area contributed by atoms with Crippen molar-refractivity contribution in [1.29, 1.82) is 0 Å². The van der Waals surface area contributed by atoms with Crippen LogP contribution in [0, 0.1) is 0 Å². The Morgan fingerprint density at radius 3 is 3.00 bits per heavy atom. The molecule has 0 bridgehead atoms. The first-order valence-electron chi connectivity index (χ1n) is 6.33. The fourth-order valence-electron chi connectivity index (χ4n) is 2.25. The van der Waals surface area contributed by atoms with E-state index in [-0.39, 0.29) is 11.9 Å². The van der Waals surface area contributed by atoms with Crippen LogP contribution in [-0.4, -0.2) is 29.3 Å². The molecule has 1 unspecified atom stereocenters. The van der Waals surface area contributed by atoms with E-state index in [0.29, 0.717) is 17.5 Å². The molecule has 0 aromatic carbocycles. The predicted molar refractivity (Wildman–Crippen MR) is 72.3 cm³/mol. The van der Waals surface area contributed by atoms with E-state index in [1.165, 1.54) is 17.7 Å². The van der Waals surface area contributed by atoms with Gasteiger partial charge in [-0.15, -0.1) is 11.3 Å². The van der Waals surface area contributed by atoms with Crippen LogP contribution in [0.5, 0.6) is 0 Å². The van der Waals surface area contributed by atoms with E-state index in [0.717, 1.165) is 18.5 Å². The van der Waals surface area contributed by atoms with Gasteiger partial charge in [0.15, 0.2) is 11.0 Å². The van der Waals surface area contributed by atoms with Gasteiger partial charge in [-0.2, -0.15) is 0 Å². The first-order chi connectivity index (χ1) is 8.72. The Kier molecular flexibility index (Phi) is 3.03. The summed E-state index contributed by atoms with van der Waals surface area (Å²) in [6, 6.07) is 0.246. The first kappa shape index (κ1) is 11.6. The Labute approximate surface area is 110 Å². The van der Waals surface area contributed by atoms with Crippen LogP contribution >= 0.6 is 11.3 Å². The van der Waals surface area contributed by atoms with Crippen molar-refractivity contribution in [3.63, 3.8) is 0 Å². The lowest BCUT2D eigenvalue weighted by Gasteiger charge is -2.06. The monoisotopic (exact) mass is 264 g/mol. The maximum Gasteiger partial charge on any atom is 0.292 e. The largest absolute Gasteiger partial charge is 0.361 e. The van der Waals surface area contributed by atoms with Crippen molar-refractivity contribution in [1.82, 2.24) is 10.3 Å². The Hall–Kier alpha value is -1.43. The zero-order chi connectivity index (χ0) is 12.5. The van der Waals surface area contributed by atoms with Gasteiger partial charge in [0.1, 0.15) is 0 Å². The fourth-order valence-corrected chi connectivity index (χ4v) is 3.30. The van der Waals surface area contributed by atoms with E-state index < -0.39 is 0 Å². The van der Waals surface area contributed by atoms with Crippen LogP contribution in [0.2, 0.25) is 0 Å². The quantitative estimate of drug-likeness (QED) is 0.847. The fraction of sp³-hybridized carbons (Fsp3) is 0.583. The maximum absolute atomic E-state index is 11.9. The number of nitrogens with zero attached hydrogens (tertiary/aromatic N) is 2. The highest BCUT2D eigenvalue weighted by Gasteiger charge is 2.21. The average molecular weight is 264 g/mol. The second-order valence-corrected chi connectivity index (χ2v) is 5.87. The summed E-state index contributed by atoms with van der Waals surface area (Å²) in [4.78, 5) is 21.9. The number of anilines is 1. The minimum atomic E-state index is -0.176. The molecule has 1 aromatic rings. The number of amidine groups is 1. The predicted octanol–water partition coefficient (Wildman–Crippen LogP) is 1.35. The number of fused-ring (bicyclic) bond motifs is 1.